The molecule has 1 rings (SSSR count). The summed E-state index contributed by atoms with van der Waals surface area (Å²) in [5.74, 6) is -0.248. The number of H-pyrrole nitrogens is 1. The minimum absolute atomic E-state index is 0.248. The lowest BCUT2D eigenvalue weighted by Gasteiger charge is -2.09. The highest BCUT2D eigenvalue weighted by molar-refractivity contribution is 5.93. The molecule has 0 aromatic carbocycles. The van der Waals surface area contributed by atoms with Gasteiger partial charge in [-0.25, -0.2) is 0 Å². The summed E-state index contributed by atoms with van der Waals surface area (Å²) < 4.78 is 0. The Bertz CT molecular complexity index is 322. The maximum absolute atomic E-state index is 11.5. The van der Waals surface area contributed by atoms with E-state index >= 15 is 0 Å². The van der Waals surface area contributed by atoms with E-state index in [1.807, 2.05) is 6.92 Å². The molecule has 1 unspecified atom stereocenters. The average Bonchev–Trinajstić information content (AvgIpc) is 2.62. The highest BCUT2D eigenvalue weighted by Crippen LogP contribution is 2.04. The van der Waals surface area contributed by atoms with Crippen LogP contribution in [0.25, 0.3) is 0 Å². The van der Waals surface area contributed by atoms with Crippen LogP contribution in [0.15, 0.2) is 12.3 Å². The predicted molar refractivity (Wildman–Crippen MR) is 58.5 cm³/mol. The number of aromatic amines is 1. The van der Waals surface area contributed by atoms with Crippen molar-refractivity contribution < 1.29 is 9.90 Å². The summed E-state index contributed by atoms with van der Waals surface area (Å²) in [5.41, 5.74) is 6.40. The van der Waals surface area contributed by atoms with Gasteiger partial charge in [0.05, 0.1) is 6.10 Å². The minimum atomic E-state index is -0.480. The fourth-order valence-corrected chi connectivity index (χ4v) is 1.28. The van der Waals surface area contributed by atoms with Gasteiger partial charge < -0.3 is 21.1 Å². The first kappa shape index (κ1) is 11.6. The lowest BCUT2D eigenvalue weighted by Crippen LogP contribution is -2.32. The second kappa shape index (κ2) is 5.41. The van der Waals surface area contributed by atoms with E-state index in [9.17, 15) is 9.90 Å². The molecule has 1 amide bonds. The summed E-state index contributed by atoms with van der Waals surface area (Å²) in [6.45, 7) is 2.25. The quantitative estimate of drug-likeness (QED) is 0.571. The molecule has 5 N–H and O–H groups in total. The lowest BCUT2D eigenvalue weighted by atomic mass is 10.2. The fourth-order valence-electron chi connectivity index (χ4n) is 1.28. The monoisotopic (exact) mass is 211 g/mol. The van der Waals surface area contributed by atoms with E-state index in [1.165, 1.54) is 0 Å². The second-order valence-electron chi connectivity index (χ2n) is 3.50. The first-order chi connectivity index (χ1) is 7.13. The first-order valence-electron chi connectivity index (χ1n) is 5.03. The molecule has 0 bridgehead atoms. The molecule has 15 heavy (non-hydrogen) atoms. The largest absolute Gasteiger partial charge is 0.397 e. The van der Waals surface area contributed by atoms with Crippen molar-refractivity contribution in [1.29, 1.82) is 0 Å². The van der Waals surface area contributed by atoms with Crippen LogP contribution in [0.4, 0.5) is 5.69 Å². The maximum Gasteiger partial charge on any atom is 0.267 e. The van der Waals surface area contributed by atoms with Crippen LogP contribution in [0.3, 0.4) is 0 Å². The summed E-state index contributed by atoms with van der Waals surface area (Å²) in [6.07, 6.45) is 2.66. The Hall–Kier alpha value is -1.49. The summed E-state index contributed by atoms with van der Waals surface area (Å²) >= 11 is 0. The Morgan fingerprint density at radius 1 is 1.73 bits per heavy atom. The van der Waals surface area contributed by atoms with Gasteiger partial charge in [0.2, 0.25) is 0 Å². The summed E-state index contributed by atoms with van der Waals surface area (Å²) in [7, 11) is 0. The molecule has 5 nitrogen and oxygen atoms in total. The standard InChI is InChI=1S/C10H17N3O2/c1-2-3-8(14)6-13-10(15)9-4-7(11)5-12-9/h4-5,8,12,14H,2-3,6,11H2,1H3,(H,13,15). The van der Waals surface area contributed by atoms with Crippen LogP contribution in [0.5, 0.6) is 0 Å². The molecule has 0 aliphatic heterocycles. The van der Waals surface area contributed by atoms with Gasteiger partial charge in [0.25, 0.3) is 5.91 Å². The third kappa shape index (κ3) is 3.63. The van der Waals surface area contributed by atoms with E-state index in [4.69, 9.17) is 5.73 Å². The number of anilines is 1. The van der Waals surface area contributed by atoms with Crippen LogP contribution in [-0.4, -0.2) is 28.6 Å². The number of aliphatic hydroxyl groups is 1. The molecule has 5 heteroatoms. The molecule has 0 fully saturated rings. The number of hydrogen-bond acceptors (Lipinski definition) is 3. The van der Waals surface area contributed by atoms with Gasteiger partial charge in [-0.2, -0.15) is 0 Å². The predicted octanol–water partition coefficient (Wildman–Crippen LogP) is 0.488. The van der Waals surface area contributed by atoms with Crippen molar-refractivity contribution in [1.82, 2.24) is 10.3 Å². The zero-order valence-electron chi connectivity index (χ0n) is 8.79. The molecule has 1 aromatic heterocycles. The number of nitrogens with one attached hydrogen (secondary N) is 2. The van der Waals surface area contributed by atoms with E-state index in [-0.39, 0.29) is 12.5 Å². The van der Waals surface area contributed by atoms with Crippen molar-refractivity contribution in [2.75, 3.05) is 12.3 Å². The molecule has 1 aromatic rings. The number of nitrogen functional groups attached to an aromatic ring is 1. The van der Waals surface area contributed by atoms with Crippen LogP contribution >= 0.6 is 0 Å². The molecule has 84 valence electrons. The lowest BCUT2D eigenvalue weighted by molar-refractivity contribution is 0.0906. The number of nitrogens with two attached hydrogens (primary N) is 1. The maximum atomic E-state index is 11.5. The van der Waals surface area contributed by atoms with Crippen LogP contribution in [0.2, 0.25) is 0 Å². The van der Waals surface area contributed by atoms with E-state index in [0.717, 1.165) is 6.42 Å². The van der Waals surface area contributed by atoms with Crippen molar-refractivity contribution in [2.24, 2.45) is 0 Å². The van der Waals surface area contributed by atoms with Gasteiger partial charge in [-0.05, 0) is 12.5 Å². The number of carbonyl (C=O) groups is 1. The Labute approximate surface area is 88.7 Å². The molecule has 0 saturated heterocycles. The first-order valence-corrected chi connectivity index (χ1v) is 5.03. The molecule has 0 saturated carbocycles. The minimum Gasteiger partial charge on any atom is -0.397 e. The van der Waals surface area contributed by atoms with E-state index in [2.05, 4.69) is 10.3 Å². The van der Waals surface area contributed by atoms with Crippen molar-refractivity contribution in [3.05, 3.63) is 18.0 Å². The van der Waals surface area contributed by atoms with Gasteiger partial charge in [-0.15, -0.1) is 0 Å². The molecular weight excluding hydrogens is 194 g/mol. The number of rotatable bonds is 5. The third-order valence-electron chi connectivity index (χ3n) is 2.07. The Morgan fingerprint density at radius 3 is 3.00 bits per heavy atom. The van der Waals surface area contributed by atoms with Crippen molar-refractivity contribution in [3.8, 4) is 0 Å². The van der Waals surface area contributed by atoms with E-state index in [1.54, 1.807) is 12.3 Å². The zero-order valence-corrected chi connectivity index (χ0v) is 8.79. The highest BCUT2D eigenvalue weighted by Gasteiger charge is 2.09. The SMILES string of the molecule is CCCC(O)CNC(=O)c1cc(N)c[nH]1. The van der Waals surface area contributed by atoms with Crippen LogP contribution in [0, 0.1) is 0 Å². The third-order valence-corrected chi connectivity index (χ3v) is 2.07. The number of hydrogen-bond donors (Lipinski definition) is 4. The van der Waals surface area contributed by atoms with Crippen LogP contribution < -0.4 is 11.1 Å². The second-order valence-corrected chi connectivity index (χ2v) is 3.50. The molecule has 0 spiro atoms. The molecule has 1 atom stereocenters. The summed E-state index contributed by atoms with van der Waals surface area (Å²) in [5, 5.41) is 12.0. The van der Waals surface area contributed by atoms with Gasteiger partial charge in [-0.1, -0.05) is 13.3 Å². The van der Waals surface area contributed by atoms with Crippen LogP contribution in [-0.2, 0) is 0 Å². The smallest absolute Gasteiger partial charge is 0.267 e. The molecular formula is C10H17N3O2. The van der Waals surface area contributed by atoms with Crippen molar-refractivity contribution in [3.63, 3.8) is 0 Å². The van der Waals surface area contributed by atoms with E-state index in [0.29, 0.717) is 17.8 Å². The fraction of sp³-hybridized carbons (Fsp3) is 0.500. The Balaban J connectivity index is 2.36. The molecule has 0 aliphatic carbocycles. The average molecular weight is 211 g/mol. The van der Waals surface area contributed by atoms with Gasteiger partial charge in [-0.3, -0.25) is 4.79 Å². The summed E-state index contributed by atoms with van der Waals surface area (Å²) in [4.78, 5) is 14.2. The van der Waals surface area contributed by atoms with Crippen molar-refractivity contribution in [2.45, 2.75) is 25.9 Å². The number of aromatic nitrogens is 1. The van der Waals surface area contributed by atoms with E-state index < -0.39 is 6.10 Å². The zero-order chi connectivity index (χ0) is 11.3. The highest BCUT2D eigenvalue weighted by atomic mass is 16.3. The van der Waals surface area contributed by atoms with Gasteiger partial charge >= 0.3 is 0 Å². The molecule has 0 radical (unpaired) electrons. The molecule has 0 aliphatic rings. The number of amides is 1. The van der Waals surface area contributed by atoms with Crippen molar-refractivity contribution >= 4 is 11.6 Å². The number of aliphatic hydroxyl groups excluding tert-OH is 1. The Morgan fingerprint density at radius 2 is 2.47 bits per heavy atom. The molecule has 1 heterocycles. The normalized spacial score (nSPS) is 12.4. The Kier molecular flexibility index (Phi) is 4.17. The van der Waals surface area contributed by atoms with Gasteiger partial charge in [0, 0.05) is 18.4 Å². The topological polar surface area (TPSA) is 91.1 Å². The number of carbonyl (C=O) groups excluding carboxylic acids is 1. The summed E-state index contributed by atoms with van der Waals surface area (Å²) in [6, 6.07) is 1.56. The van der Waals surface area contributed by atoms with Crippen LogP contribution in [0.1, 0.15) is 30.3 Å². The van der Waals surface area contributed by atoms with Gasteiger partial charge in [0.15, 0.2) is 0 Å². The van der Waals surface area contributed by atoms with Gasteiger partial charge in [0.1, 0.15) is 5.69 Å².